The molecule has 2 aromatic carbocycles. The van der Waals surface area contributed by atoms with Gasteiger partial charge in [-0.3, -0.25) is 4.72 Å². The Bertz CT molecular complexity index is 952. The van der Waals surface area contributed by atoms with Gasteiger partial charge in [-0.1, -0.05) is 31.2 Å². The van der Waals surface area contributed by atoms with Crippen LogP contribution in [0.5, 0.6) is 0 Å². The van der Waals surface area contributed by atoms with E-state index in [4.69, 9.17) is 15.7 Å². The first-order valence-electron chi connectivity index (χ1n) is 9.82. The smallest absolute Gasteiger partial charge is 0.141 e. The molecule has 0 bridgehead atoms. The van der Waals surface area contributed by atoms with Gasteiger partial charge in [-0.15, -0.1) is 0 Å². The second-order valence-electron chi connectivity index (χ2n) is 7.11. The average Bonchev–Trinajstić information content (AvgIpc) is 3.16. The van der Waals surface area contributed by atoms with Crippen molar-refractivity contribution in [3.05, 3.63) is 64.5 Å². The van der Waals surface area contributed by atoms with E-state index in [0.29, 0.717) is 19.6 Å². The van der Waals surface area contributed by atoms with Crippen LogP contribution in [0.25, 0.3) is 16.0 Å². The van der Waals surface area contributed by atoms with Crippen molar-refractivity contribution in [2.45, 2.75) is 32.8 Å². The van der Waals surface area contributed by atoms with Crippen LogP contribution < -0.4 is 10.5 Å². The Balaban J connectivity index is 2.11. The van der Waals surface area contributed by atoms with Crippen LogP contribution >= 0.6 is 11.9 Å². The summed E-state index contributed by atoms with van der Waals surface area (Å²) in [5.41, 5.74) is 11.2. The quantitative estimate of drug-likeness (QED) is 0.619. The third-order valence-corrected chi connectivity index (χ3v) is 5.99. The highest BCUT2D eigenvalue weighted by Gasteiger charge is 2.22. The molecule has 152 valence electrons. The molecule has 0 saturated carbocycles. The van der Waals surface area contributed by atoms with E-state index in [-0.39, 0.29) is 11.7 Å². The van der Waals surface area contributed by atoms with Crippen LogP contribution in [0.2, 0.25) is 0 Å². The van der Waals surface area contributed by atoms with Crippen LogP contribution in [0.4, 0.5) is 4.39 Å². The first kappa shape index (κ1) is 21.5. The molecule has 0 aliphatic carbocycles. The second-order valence-corrected chi connectivity index (χ2v) is 8.01. The molecule has 0 aromatic heterocycles. The zero-order valence-corrected chi connectivity index (χ0v) is 17.6. The molecule has 0 fully saturated rings. The number of halogens is 1. The van der Waals surface area contributed by atoms with E-state index in [9.17, 15) is 4.39 Å². The SMILES string of the molecule is CCCOC(CN)Cc1cccc(-c2ccc(C#N)c(F)c2)c1C1=C(C)CNS1. The summed E-state index contributed by atoms with van der Waals surface area (Å²) in [5.74, 6) is -0.504. The summed E-state index contributed by atoms with van der Waals surface area (Å²) in [6, 6.07) is 12.8. The molecule has 6 heteroatoms. The number of nitrogens with zero attached hydrogens (tertiary/aromatic N) is 1. The van der Waals surface area contributed by atoms with Crippen molar-refractivity contribution in [3.63, 3.8) is 0 Å². The van der Waals surface area contributed by atoms with Crippen molar-refractivity contribution < 1.29 is 9.13 Å². The summed E-state index contributed by atoms with van der Waals surface area (Å²) < 4.78 is 23.6. The van der Waals surface area contributed by atoms with Gasteiger partial charge in [0.2, 0.25) is 0 Å². The van der Waals surface area contributed by atoms with Gasteiger partial charge < -0.3 is 10.5 Å². The van der Waals surface area contributed by atoms with Gasteiger partial charge in [-0.25, -0.2) is 4.39 Å². The summed E-state index contributed by atoms with van der Waals surface area (Å²) in [7, 11) is 0. The Morgan fingerprint density at radius 1 is 1.34 bits per heavy atom. The van der Waals surface area contributed by atoms with Gasteiger partial charge in [0.25, 0.3) is 0 Å². The molecular weight excluding hydrogens is 385 g/mol. The molecule has 0 saturated heterocycles. The first-order valence-corrected chi connectivity index (χ1v) is 10.6. The number of nitrogens with two attached hydrogens (primary N) is 1. The molecule has 2 aromatic rings. The van der Waals surface area contributed by atoms with Crippen molar-refractivity contribution in [1.29, 1.82) is 5.26 Å². The molecule has 1 aliphatic heterocycles. The summed E-state index contributed by atoms with van der Waals surface area (Å²) in [6.07, 6.45) is 1.56. The molecule has 0 spiro atoms. The fourth-order valence-electron chi connectivity index (χ4n) is 3.44. The molecule has 1 aliphatic rings. The van der Waals surface area contributed by atoms with Gasteiger partial charge in [-0.2, -0.15) is 5.26 Å². The lowest BCUT2D eigenvalue weighted by Gasteiger charge is -2.21. The van der Waals surface area contributed by atoms with Crippen molar-refractivity contribution in [2.75, 3.05) is 19.7 Å². The van der Waals surface area contributed by atoms with Crippen LogP contribution in [0.15, 0.2) is 42.0 Å². The number of hydrogen-bond donors (Lipinski definition) is 2. The molecule has 1 atom stereocenters. The maximum Gasteiger partial charge on any atom is 0.141 e. The molecular formula is C23H26FN3OS. The highest BCUT2D eigenvalue weighted by molar-refractivity contribution is 8.06. The minimum absolute atomic E-state index is 0.0509. The van der Waals surface area contributed by atoms with E-state index in [1.807, 2.05) is 18.2 Å². The molecule has 0 amide bonds. The zero-order valence-electron chi connectivity index (χ0n) is 16.8. The topological polar surface area (TPSA) is 71.1 Å². The maximum absolute atomic E-state index is 14.3. The number of nitriles is 1. The lowest BCUT2D eigenvalue weighted by Crippen LogP contribution is -2.27. The predicted molar refractivity (Wildman–Crippen MR) is 118 cm³/mol. The van der Waals surface area contributed by atoms with Gasteiger partial charge in [0.05, 0.1) is 11.7 Å². The predicted octanol–water partition coefficient (Wildman–Crippen LogP) is 4.64. The normalized spacial score (nSPS) is 14.9. The summed E-state index contributed by atoms with van der Waals surface area (Å²) >= 11 is 1.60. The van der Waals surface area contributed by atoms with Gasteiger partial charge in [0, 0.05) is 36.6 Å². The van der Waals surface area contributed by atoms with Crippen molar-refractivity contribution in [3.8, 4) is 17.2 Å². The van der Waals surface area contributed by atoms with Crippen LogP contribution in [0, 0.1) is 17.1 Å². The highest BCUT2D eigenvalue weighted by atomic mass is 32.2. The number of nitrogens with one attached hydrogen (secondary N) is 1. The Kier molecular flexibility index (Phi) is 7.45. The standard InChI is InChI=1S/C23H26FN3OS/c1-3-9-28-19(13-26)10-17-5-4-6-20(22(17)23-15(2)14-27-29-23)16-7-8-18(12-25)21(24)11-16/h4-8,11,19,27H,3,9-10,13-14,26H2,1-2H3. The Morgan fingerprint density at radius 3 is 2.79 bits per heavy atom. The average molecular weight is 412 g/mol. The third kappa shape index (κ3) is 4.88. The minimum Gasteiger partial charge on any atom is -0.377 e. The highest BCUT2D eigenvalue weighted by Crippen LogP contribution is 2.41. The summed E-state index contributed by atoms with van der Waals surface area (Å²) in [4.78, 5) is 1.16. The number of rotatable bonds is 8. The number of ether oxygens (including phenoxy) is 1. The number of benzene rings is 2. The third-order valence-electron chi connectivity index (χ3n) is 4.95. The van der Waals surface area contributed by atoms with Gasteiger partial charge in [-0.05, 0) is 59.7 Å². The van der Waals surface area contributed by atoms with E-state index in [1.165, 1.54) is 17.7 Å². The van der Waals surface area contributed by atoms with E-state index < -0.39 is 5.82 Å². The molecule has 3 N–H and O–H groups in total. The van der Waals surface area contributed by atoms with E-state index in [2.05, 4.69) is 24.6 Å². The van der Waals surface area contributed by atoms with Gasteiger partial charge in [0.1, 0.15) is 11.9 Å². The van der Waals surface area contributed by atoms with Crippen molar-refractivity contribution >= 4 is 16.9 Å². The van der Waals surface area contributed by atoms with Gasteiger partial charge in [0.15, 0.2) is 0 Å². The summed E-state index contributed by atoms with van der Waals surface area (Å²) in [5, 5.41) is 9.05. The van der Waals surface area contributed by atoms with Crippen LogP contribution in [0.3, 0.4) is 0 Å². The molecule has 3 rings (SSSR count). The van der Waals surface area contributed by atoms with Crippen molar-refractivity contribution in [2.24, 2.45) is 5.73 Å². The fraction of sp³-hybridized carbons (Fsp3) is 0.348. The molecule has 1 unspecified atom stereocenters. The molecule has 29 heavy (non-hydrogen) atoms. The Labute approximate surface area is 176 Å². The second kappa shape index (κ2) is 10.0. The maximum atomic E-state index is 14.3. The van der Waals surface area contributed by atoms with Crippen molar-refractivity contribution in [1.82, 2.24) is 4.72 Å². The van der Waals surface area contributed by atoms with Gasteiger partial charge >= 0.3 is 0 Å². The van der Waals surface area contributed by atoms with Crippen LogP contribution in [-0.4, -0.2) is 25.8 Å². The zero-order chi connectivity index (χ0) is 20.8. The molecule has 4 nitrogen and oxygen atoms in total. The molecule has 0 radical (unpaired) electrons. The van der Waals surface area contributed by atoms with Crippen LogP contribution in [-0.2, 0) is 11.2 Å². The largest absolute Gasteiger partial charge is 0.377 e. The van der Waals surface area contributed by atoms with Crippen LogP contribution in [0.1, 0.15) is 37.0 Å². The number of hydrogen-bond acceptors (Lipinski definition) is 5. The van der Waals surface area contributed by atoms with E-state index in [0.717, 1.165) is 40.1 Å². The lowest BCUT2D eigenvalue weighted by atomic mass is 9.90. The summed E-state index contributed by atoms with van der Waals surface area (Å²) in [6.45, 7) is 6.11. The monoisotopic (exact) mass is 411 g/mol. The fourth-order valence-corrected chi connectivity index (χ4v) is 4.46. The Hall–Kier alpha value is -2.17. The minimum atomic E-state index is -0.504. The lowest BCUT2D eigenvalue weighted by molar-refractivity contribution is 0.0599. The van der Waals surface area contributed by atoms with E-state index >= 15 is 0 Å². The first-order chi connectivity index (χ1) is 14.1. The molecule has 1 heterocycles. The Morgan fingerprint density at radius 2 is 2.17 bits per heavy atom. The van der Waals surface area contributed by atoms with E-state index in [1.54, 1.807) is 18.0 Å².